The number of benzene rings is 1. The molecule has 28 heavy (non-hydrogen) atoms. The molecule has 0 saturated carbocycles. The number of fused-ring (bicyclic) bond motifs is 1. The van der Waals surface area contributed by atoms with Crippen LogP contribution in [-0.4, -0.2) is 64.5 Å². The molecule has 1 aliphatic heterocycles. The standard InChI is InChI=1S/C21H30N2O5/c1-5-23(6-2)10-14-19(26)17(13-7-8-22(4)11-16(13)25)21-18(20(14)27)15(24)9-12(3)28-21/h9,13,16,25-27H,5-8,10-11H2,1-4H3. The van der Waals surface area contributed by atoms with E-state index >= 15 is 0 Å². The second kappa shape index (κ2) is 8.11. The summed E-state index contributed by atoms with van der Waals surface area (Å²) in [5.74, 6) is -0.297. The highest BCUT2D eigenvalue weighted by Crippen LogP contribution is 2.45. The second-order valence-electron chi connectivity index (χ2n) is 7.70. The molecule has 0 radical (unpaired) electrons. The first-order valence-electron chi connectivity index (χ1n) is 9.88. The molecule has 7 heteroatoms. The number of phenolic OH excluding ortho intramolecular Hbond substituents is 2. The first kappa shape index (κ1) is 20.6. The van der Waals surface area contributed by atoms with E-state index in [1.54, 1.807) is 6.92 Å². The first-order valence-corrected chi connectivity index (χ1v) is 9.88. The van der Waals surface area contributed by atoms with Crippen LogP contribution in [0, 0.1) is 6.92 Å². The zero-order valence-corrected chi connectivity index (χ0v) is 17.0. The van der Waals surface area contributed by atoms with E-state index in [-0.39, 0.29) is 33.8 Å². The van der Waals surface area contributed by atoms with E-state index in [2.05, 4.69) is 0 Å². The van der Waals surface area contributed by atoms with Crippen LogP contribution >= 0.6 is 0 Å². The van der Waals surface area contributed by atoms with Gasteiger partial charge in [0.2, 0.25) is 0 Å². The Balaban J connectivity index is 2.30. The fourth-order valence-corrected chi connectivity index (χ4v) is 4.15. The molecule has 2 atom stereocenters. The molecule has 1 aromatic carbocycles. The van der Waals surface area contributed by atoms with Crippen molar-refractivity contribution in [3.63, 3.8) is 0 Å². The van der Waals surface area contributed by atoms with Crippen molar-refractivity contribution >= 4 is 11.0 Å². The number of aryl methyl sites for hydroxylation is 1. The van der Waals surface area contributed by atoms with Crippen molar-refractivity contribution in [2.45, 2.75) is 45.8 Å². The van der Waals surface area contributed by atoms with E-state index in [9.17, 15) is 20.1 Å². The van der Waals surface area contributed by atoms with Gasteiger partial charge in [0.1, 0.15) is 28.2 Å². The maximum Gasteiger partial charge on any atom is 0.196 e. The van der Waals surface area contributed by atoms with Gasteiger partial charge in [0.15, 0.2) is 5.43 Å². The van der Waals surface area contributed by atoms with Crippen molar-refractivity contribution in [2.24, 2.45) is 0 Å². The molecular formula is C21H30N2O5. The number of likely N-dealkylation sites (tertiary alicyclic amines) is 1. The van der Waals surface area contributed by atoms with Gasteiger partial charge in [0.05, 0.1) is 11.7 Å². The lowest BCUT2D eigenvalue weighted by Crippen LogP contribution is -2.40. The molecule has 3 rings (SSSR count). The van der Waals surface area contributed by atoms with Crippen molar-refractivity contribution in [1.82, 2.24) is 9.80 Å². The summed E-state index contributed by atoms with van der Waals surface area (Å²) in [5.41, 5.74) is 0.572. The summed E-state index contributed by atoms with van der Waals surface area (Å²) in [4.78, 5) is 16.8. The van der Waals surface area contributed by atoms with Gasteiger partial charge < -0.3 is 24.6 Å². The largest absolute Gasteiger partial charge is 0.507 e. The van der Waals surface area contributed by atoms with E-state index in [0.29, 0.717) is 36.4 Å². The fraction of sp³-hybridized carbons (Fsp3) is 0.571. The number of likely N-dealkylation sites (N-methyl/N-ethyl adjacent to an activating group) is 1. The third-order valence-electron chi connectivity index (χ3n) is 5.81. The molecule has 7 nitrogen and oxygen atoms in total. The number of nitrogens with zero attached hydrogens (tertiary/aromatic N) is 2. The number of aliphatic hydroxyl groups is 1. The summed E-state index contributed by atoms with van der Waals surface area (Å²) >= 11 is 0. The van der Waals surface area contributed by atoms with Gasteiger partial charge in [-0.2, -0.15) is 0 Å². The molecule has 154 valence electrons. The Bertz CT molecular complexity index is 919. The van der Waals surface area contributed by atoms with Crippen LogP contribution in [0.1, 0.15) is 43.1 Å². The Morgan fingerprint density at radius 1 is 1.25 bits per heavy atom. The topological polar surface area (TPSA) is 97.4 Å². The Kier molecular flexibility index (Phi) is 5.98. The Hall–Kier alpha value is -2.09. The predicted molar refractivity (Wildman–Crippen MR) is 108 cm³/mol. The summed E-state index contributed by atoms with van der Waals surface area (Å²) in [6, 6.07) is 1.34. The highest BCUT2D eigenvalue weighted by atomic mass is 16.3. The van der Waals surface area contributed by atoms with Gasteiger partial charge in [-0.25, -0.2) is 0 Å². The van der Waals surface area contributed by atoms with Crippen molar-refractivity contribution in [2.75, 3.05) is 33.2 Å². The van der Waals surface area contributed by atoms with Crippen LogP contribution in [0.25, 0.3) is 11.0 Å². The highest BCUT2D eigenvalue weighted by Gasteiger charge is 2.34. The minimum Gasteiger partial charge on any atom is -0.507 e. The van der Waals surface area contributed by atoms with Gasteiger partial charge in [0.25, 0.3) is 0 Å². The summed E-state index contributed by atoms with van der Waals surface area (Å²) in [6.07, 6.45) is -0.0856. The van der Waals surface area contributed by atoms with E-state index in [0.717, 1.165) is 19.6 Å². The average Bonchev–Trinajstić information content (AvgIpc) is 2.63. The Morgan fingerprint density at radius 3 is 2.54 bits per heavy atom. The normalized spacial score (nSPS) is 20.9. The van der Waals surface area contributed by atoms with Gasteiger partial charge in [0, 0.05) is 30.6 Å². The molecule has 0 bridgehead atoms. The number of β-amino-alcohol motifs (C(OH)–C–C–N with tert-alkyl or cyclic N) is 1. The van der Waals surface area contributed by atoms with Crippen LogP contribution in [0.4, 0.5) is 0 Å². The van der Waals surface area contributed by atoms with Crippen LogP contribution in [0.3, 0.4) is 0 Å². The molecule has 3 N–H and O–H groups in total. The maximum absolute atomic E-state index is 12.7. The number of phenols is 2. The third-order valence-corrected chi connectivity index (χ3v) is 5.81. The molecule has 1 aliphatic rings. The van der Waals surface area contributed by atoms with E-state index in [1.165, 1.54) is 6.07 Å². The summed E-state index contributed by atoms with van der Waals surface area (Å²) < 4.78 is 5.82. The smallest absolute Gasteiger partial charge is 0.196 e. The zero-order chi connectivity index (χ0) is 20.6. The maximum atomic E-state index is 12.7. The van der Waals surface area contributed by atoms with Crippen LogP contribution < -0.4 is 5.43 Å². The second-order valence-corrected chi connectivity index (χ2v) is 7.70. The number of piperidine rings is 1. The van der Waals surface area contributed by atoms with E-state index in [4.69, 9.17) is 4.42 Å². The van der Waals surface area contributed by atoms with Crippen molar-refractivity contribution in [3.8, 4) is 11.5 Å². The molecule has 2 unspecified atom stereocenters. The number of aromatic hydroxyl groups is 2. The van der Waals surface area contributed by atoms with E-state index < -0.39 is 6.10 Å². The fourth-order valence-electron chi connectivity index (χ4n) is 4.15. The lowest BCUT2D eigenvalue weighted by molar-refractivity contribution is 0.0629. The molecule has 1 saturated heterocycles. The quantitative estimate of drug-likeness (QED) is 0.719. The Labute approximate surface area is 164 Å². The summed E-state index contributed by atoms with van der Waals surface area (Å²) in [6.45, 7) is 8.66. The van der Waals surface area contributed by atoms with Crippen molar-refractivity contribution in [3.05, 3.63) is 33.2 Å². The van der Waals surface area contributed by atoms with Crippen LogP contribution in [-0.2, 0) is 6.54 Å². The van der Waals surface area contributed by atoms with Gasteiger partial charge in [-0.3, -0.25) is 9.69 Å². The molecule has 0 aliphatic carbocycles. The molecule has 0 spiro atoms. The van der Waals surface area contributed by atoms with Crippen molar-refractivity contribution < 1.29 is 19.7 Å². The lowest BCUT2D eigenvalue weighted by atomic mass is 9.84. The zero-order valence-electron chi connectivity index (χ0n) is 17.0. The number of hydrogen-bond donors (Lipinski definition) is 3. The molecule has 1 aromatic heterocycles. The first-order chi connectivity index (χ1) is 13.3. The minimum absolute atomic E-state index is 0.0756. The molecular weight excluding hydrogens is 360 g/mol. The van der Waals surface area contributed by atoms with Gasteiger partial charge in [-0.05, 0) is 40.0 Å². The number of aliphatic hydroxyl groups excluding tert-OH is 1. The predicted octanol–water partition coefficient (Wildman–Crippen LogP) is 2.13. The summed E-state index contributed by atoms with van der Waals surface area (Å²) in [7, 11) is 1.93. The number of hydrogen-bond acceptors (Lipinski definition) is 7. The van der Waals surface area contributed by atoms with Gasteiger partial charge in [-0.15, -0.1) is 0 Å². The van der Waals surface area contributed by atoms with Crippen LogP contribution in [0.15, 0.2) is 15.3 Å². The molecule has 2 heterocycles. The monoisotopic (exact) mass is 390 g/mol. The molecule has 2 aromatic rings. The van der Waals surface area contributed by atoms with E-state index in [1.807, 2.05) is 30.7 Å². The SMILES string of the molecule is CCN(CC)Cc1c(O)c(C2CCN(C)CC2O)c2oc(C)cc(=O)c2c1O. The Morgan fingerprint density at radius 2 is 1.93 bits per heavy atom. The van der Waals surface area contributed by atoms with Crippen LogP contribution in [0.5, 0.6) is 11.5 Å². The number of rotatable bonds is 5. The van der Waals surface area contributed by atoms with Crippen molar-refractivity contribution in [1.29, 1.82) is 0 Å². The molecule has 0 amide bonds. The highest BCUT2D eigenvalue weighted by molar-refractivity contribution is 5.90. The van der Waals surface area contributed by atoms with Gasteiger partial charge >= 0.3 is 0 Å². The minimum atomic E-state index is -0.704. The third kappa shape index (κ3) is 3.62. The average molecular weight is 390 g/mol. The molecule has 1 fully saturated rings. The van der Waals surface area contributed by atoms with Crippen LogP contribution in [0.2, 0.25) is 0 Å². The lowest BCUT2D eigenvalue weighted by Gasteiger charge is -2.35. The van der Waals surface area contributed by atoms with Gasteiger partial charge in [-0.1, -0.05) is 13.8 Å². The summed E-state index contributed by atoms with van der Waals surface area (Å²) in [5, 5.41) is 32.8.